The molecule has 0 aromatic heterocycles. The van der Waals surface area contributed by atoms with Crippen molar-refractivity contribution in [2.45, 2.75) is 103 Å². The highest BCUT2D eigenvalue weighted by Gasteiger charge is 1.93. The van der Waals surface area contributed by atoms with E-state index in [0.717, 1.165) is 0 Å². The maximum Gasteiger partial charge on any atom is -0.0260 e. The SMILES string of the molecule is CCCCCCCCCCCCCCCC/C=C/c1ccccc1. The highest BCUT2D eigenvalue weighted by molar-refractivity contribution is 5.48. The third-order valence-electron chi connectivity index (χ3n) is 4.83. The molecule has 0 heterocycles. The van der Waals surface area contributed by atoms with E-state index in [0.29, 0.717) is 0 Å². The van der Waals surface area contributed by atoms with Crippen LogP contribution in [0.1, 0.15) is 109 Å². The first-order valence-electron chi connectivity index (χ1n) is 10.6. The Morgan fingerprint density at radius 1 is 0.583 bits per heavy atom. The Hall–Kier alpha value is -1.04. The second-order valence-electron chi connectivity index (χ2n) is 7.20. The van der Waals surface area contributed by atoms with Gasteiger partial charge in [0.15, 0.2) is 0 Å². The molecule has 0 bridgehead atoms. The molecule has 0 unspecified atom stereocenters. The van der Waals surface area contributed by atoms with Crippen molar-refractivity contribution in [2.24, 2.45) is 0 Å². The Bertz CT molecular complexity index is 376. The topological polar surface area (TPSA) is 0 Å². The van der Waals surface area contributed by atoms with E-state index in [1.54, 1.807) is 0 Å². The number of benzene rings is 1. The lowest BCUT2D eigenvalue weighted by Gasteiger charge is -2.02. The van der Waals surface area contributed by atoms with Crippen LogP contribution in [0.3, 0.4) is 0 Å². The van der Waals surface area contributed by atoms with Crippen LogP contribution in [0, 0.1) is 0 Å². The Morgan fingerprint density at radius 3 is 1.54 bits per heavy atom. The van der Waals surface area contributed by atoms with Crippen molar-refractivity contribution in [2.75, 3.05) is 0 Å². The standard InChI is InChI=1S/C24H40/c1-2-3-4-5-6-7-8-9-10-11-12-13-14-15-16-18-21-24-22-19-17-20-23-24/h17-23H,2-16H2,1H3/b21-18+. The molecule has 0 spiro atoms. The fourth-order valence-corrected chi connectivity index (χ4v) is 3.24. The number of allylic oxidation sites excluding steroid dienone is 1. The van der Waals surface area contributed by atoms with Crippen molar-refractivity contribution in [1.29, 1.82) is 0 Å². The summed E-state index contributed by atoms with van der Waals surface area (Å²) in [7, 11) is 0. The minimum absolute atomic E-state index is 1.23. The van der Waals surface area contributed by atoms with Crippen LogP contribution in [-0.2, 0) is 0 Å². The lowest BCUT2D eigenvalue weighted by molar-refractivity contribution is 0.536. The Labute approximate surface area is 151 Å². The van der Waals surface area contributed by atoms with Crippen LogP contribution >= 0.6 is 0 Å². The van der Waals surface area contributed by atoms with Crippen LogP contribution in [0.5, 0.6) is 0 Å². The zero-order valence-electron chi connectivity index (χ0n) is 16.1. The van der Waals surface area contributed by atoms with E-state index in [2.05, 4.69) is 49.4 Å². The van der Waals surface area contributed by atoms with E-state index in [4.69, 9.17) is 0 Å². The Morgan fingerprint density at radius 2 is 1.04 bits per heavy atom. The number of unbranched alkanes of at least 4 members (excludes halogenated alkanes) is 14. The van der Waals surface area contributed by atoms with Gasteiger partial charge in [-0.15, -0.1) is 0 Å². The summed E-state index contributed by atoms with van der Waals surface area (Å²) in [5.74, 6) is 0. The minimum atomic E-state index is 1.23. The van der Waals surface area contributed by atoms with Gasteiger partial charge in [-0.1, -0.05) is 133 Å². The molecule has 0 aliphatic rings. The third kappa shape index (κ3) is 13.4. The Balaban J connectivity index is 1.75. The van der Waals surface area contributed by atoms with E-state index in [1.807, 2.05) is 0 Å². The normalized spacial score (nSPS) is 11.4. The quantitative estimate of drug-likeness (QED) is 0.266. The van der Waals surface area contributed by atoms with Crippen LogP contribution in [0.4, 0.5) is 0 Å². The van der Waals surface area contributed by atoms with Crippen molar-refractivity contribution in [3.05, 3.63) is 42.0 Å². The summed E-state index contributed by atoms with van der Waals surface area (Å²) in [5.41, 5.74) is 1.32. The molecule has 0 heteroatoms. The summed E-state index contributed by atoms with van der Waals surface area (Å²) in [4.78, 5) is 0. The van der Waals surface area contributed by atoms with Crippen molar-refractivity contribution < 1.29 is 0 Å². The zero-order valence-corrected chi connectivity index (χ0v) is 16.1. The predicted molar refractivity (Wildman–Crippen MR) is 110 cm³/mol. The van der Waals surface area contributed by atoms with Gasteiger partial charge in [0.1, 0.15) is 0 Å². The monoisotopic (exact) mass is 328 g/mol. The van der Waals surface area contributed by atoms with Gasteiger partial charge in [-0.3, -0.25) is 0 Å². The minimum Gasteiger partial charge on any atom is -0.0839 e. The van der Waals surface area contributed by atoms with E-state index in [-0.39, 0.29) is 0 Å². The van der Waals surface area contributed by atoms with Gasteiger partial charge in [0.25, 0.3) is 0 Å². The summed E-state index contributed by atoms with van der Waals surface area (Å²) in [5, 5.41) is 0. The maximum absolute atomic E-state index is 2.33. The molecule has 0 atom stereocenters. The van der Waals surface area contributed by atoms with Crippen LogP contribution < -0.4 is 0 Å². The molecule has 0 aliphatic heterocycles. The smallest absolute Gasteiger partial charge is 0.0260 e. The molecule has 136 valence electrons. The molecule has 0 N–H and O–H groups in total. The molecule has 0 radical (unpaired) electrons. The molecule has 0 amide bonds. The molecule has 0 aliphatic carbocycles. The number of rotatable bonds is 16. The van der Waals surface area contributed by atoms with Gasteiger partial charge < -0.3 is 0 Å². The first-order valence-corrected chi connectivity index (χ1v) is 10.6. The fraction of sp³-hybridized carbons (Fsp3) is 0.667. The van der Waals surface area contributed by atoms with E-state index >= 15 is 0 Å². The van der Waals surface area contributed by atoms with Gasteiger partial charge in [0.2, 0.25) is 0 Å². The van der Waals surface area contributed by atoms with Gasteiger partial charge in [0.05, 0.1) is 0 Å². The Kier molecular flexibility index (Phi) is 14.7. The molecule has 0 nitrogen and oxygen atoms in total. The van der Waals surface area contributed by atoms with Crippen LogP contribution in [0.25, 0.3) is 6.08 Å². The average molecular weight is 329 g/mol. The molecule has 1 aromatic rings. The summed E-state index contributed by atoms with van der Waals surface area (Å²) >= 11 is 0. The second kappa shape index (κ2) is 16.8. The highest BCUT2D eigenvalue weighted by atomic mass is 14.0. The second-order valence-corrected chi connectivity index (χ2v) is 7.20. The fourth-order valence-electron chi connectivity index (χ4n) is 3.24. The van der Waals surface area contributed by atoms with E-state index in [1.165, 1.54) is 102 Å². The average Bonchev–Trinajstić information content (AvgIpc) is 2.62. The molecule has 24 heavy (non-hydrogen) atoms. The van der Waals surface area contributed by atoms with Crippen molar-refractivity contribution in [3.63, 3.8) is 0 Å². The lowest BCUT2D eigenvalue weighted by atomic mass is 10.0. The molecule has 0 fully saturated rings. The van der Waals surface area contributed by atoms with E-state index in [9.17, 15) is 0 Å². The van der Waals surface area contributed by atoms with Crippen LogP contribution in [-0.4, -0.2) is 0 Å². The molecular weight excluding hydrogens is 288 g/mol. The summed E-state index contributed by atoms with van der Waals surface area (Å²) in [6.07, 6.45) is 25.9. The van der Waals surface area contributed by atoms with Crippen LogP contribution in [0.2, 0.25) is 0 Å². The molecule has 0 saturated heterocycles. The molecule has 1 aromatic carbocycles. The van der Waals surface area contributed by atoms with Crippen molar-refractivity contribution >= 4 is 6.08 Å². The molecule has 0 saturated carbocycles. The van der Waals surface area contributed by atoms with Crippen LogP contribution in [0.15, 0.2) is 36.4 Å². The van der Waals surface area contributed by atoms with E-state index < -0.39 is 0 Å². The largest absolute Gasteiger partial charge is 0.0839 e. The molecular formula is C24H40. The summed E-state index contributed by atoms with van der Waals surface area (Å²) in [6.45, 7) is 2.29. The molecule has 1 rings (SSSR count). The third-order valence-corrected chi connectivity index (χ3v) is 4.83. The van der Waals surface area contributed by atoms with Gasteiger partial charge in [-0.25, -0.2) is 0 Å². The first-order chi connectivity index (χ1) is 11.9. The number of hydrogen-bond donors (Lipinski definition) is 0. The predicted octanol–water partition coefficient (Wildman–Crippen LogP) is 8.57. The van der Waals surface area contributed by atoms with Gasteiger partial charge >= 0.3 is 0 Å². The highest BCUT2D eigenvalue weighted by Crippen LogP contribution is 2.13. The van der Waals surface area contributed by atoms with Gasteiger partial charge in [-0.05, 0) is 18.4 Å². The van der Waals surface area contributed by atoms with Crippen molar-refractivity contribution in [3.8, 4) is 0 Å². The van der Waals surface area contributed by atoms with Gasteiger partial charge in [0, 0.05) is 0 Å². The maximum atomic E-state index is 2.33. The van der Waals surface area contributed by atoms with Gasteiger partial charge in [-0.2, -0.15) is 0 Å². The zero-order chi connectivity index (χ0) is 17.1. The first kappa shape index (κ1) is 21.0. The van der Waals surface area contributed by atoms with Crippen molar-refractivity contribution in [1.82, 2.24) is 0 Å². The lowest BCUT2D eigenvalue weighted by Crippen LogP contribution is -1.83. The summed E-state index contributed by atoms with van der Waals surface area (Å²) in [6, 6.07) is 10.6. The summed E-state index contributed by atoms with van der Waals surface area (Å²) < 4.78 is 0. The number of hydrogen-bond acceptors (Lipinski definition) is 0.